The van der Waals surface area contributed by atoms with Gasteiger partial charge in [0.05, 0.1) is 21.3 Å². The van der Waals surface area contributed by atoms with Gasteiger partial charge in [0.2, 0.25) is 0 Å². The number of imidazole rings is 1. The highest BCUT2D eigenvalue weighted by atomic mass is 32.2. The van der Waals surface area contributed by atoms with Gasteiger partial charge in [-0.2, -0.15) is 0 Å². The Bertz CT molecular complexity index is 1430. The Morgan fingerprint density at radius 3 is 2.41 bits per heavy atom. The van der Waals surface area contributed by atoms with E-state index in [4.69, 9.17) is 0 Å². The molecule has 1 atom stereocenters. The minimum absolute atomic E-state index is 0.189. The smallest absolute Gasteiger partial charge is 0.331 e. The van der Waals surface area contributed by atoms with Crippen LogP contribution in [-0.2, 0) is 20.6 Å². The van der Waals surface area contributed by atoms with Crippen molar-refractivity contribution in [1.82, 2.24) is 18.7 Å². The molecular formula is C23H28N4O3S2. The summed E-state index contributed by atoms with van der Waals surface area (Å²) in [7, 11) is 3.40. The van der Waals surface area contributed by atoms with E-state index in [0.717, 1.165) is 15.9 Å². The number of hydrogen-bond acceptors (Lipinski definition) is 6. The molecule has 0 saturated heterocycles. The molecule has 170 valence electrons. The second-order valence-corrected chi connectivity index (χ2v) is 11.3. The molecule has 3 heterocycles. The number of aryl methyl sites for hydroxylation is 1. The molecule has 4 rings (SSSR count). The molecule has 0 amide bonds. The molecule has 0 aliphatic carbocycles. The lowest BCUT2D eigenvalue weighted by molar-refractivity contribution is 0.208. The van der Waals surface area contributed by atoms with Crippen LogP contribution in [-0.4, -0.2) is 29.0 Å². The molecule has 1 aromatic carbocycles. The molecule has 3 aromatic heterocycles. The van der Waals surface area contributed by atoms with Crippen LogP contribution in [0, 0.1) is 5.92 Å². The van der Waals surface area contributed by atoms with Crippen molar-refractivity contribution < 1.29 is 5.11 Å². The molecule has 0 radical (unpaired) electrons. The second-order valence-electron chi connectivity index (χ2n) is 8.71. The number of thioether (sulfide) groups is 1. The van der Waals surface area contributed by atoms with Crippen LogP contribution in [0.5, 0.6) is 0 Å². The summed E-state index contributed by atoms with van der Waals surface area (Å²) in [6.45, 7) is 8.67. The van der Waals surface area contributed by atoms with Gasteiger partial charge in [-0.1, -0.05) is 39.8 Å². The van der Waals surface area contributed by atoms with Crippen molar-refractivity contribution in [2.75, 3.05) is 0 Å². The molecule has 0 spiro atoms. The Hall–Kier alpha value is -2.36. The maximum atomic E-state index is 13.2. The molecule has 0 aliphatic rings. The number of fused-ring (bicyclic) bond motifs is 2. The molecule has 1 N–H and O–H groups in total. The largest absolute Gasteiger partial charge is 0.379 e. The Labute approximate surface area is 194 Å². The van der Waals surface area contributed by atoms with E-state index in [-0.39, 0.29) is 22.4 Å². The first kappa shape index (κ1) is 22.8. The highest BCUT2D eigenvalue weighted by Crippen LogP contribution is 2.43. The third-order valence-corrected chi connectivity index (χ3v) is 7.89. The number of aliphatic hydroxyl groups is 1. The van der Waals surface area contributed by atoms with Gasteiger partial charge in [0.1, 0.15) is 16.8 Å². The molecule has 0 fully saturated rings. The SMILES string of the molecule is CC(C)Cn1c(=O)n(C)c(=O)c2c(SC(C)C)c(C(O)c3nc4ccccc4n3C)sc21. The van der Waals surface area contributed by atoms with Crippen LogP contribution < -0.4 is 11.2 Å². The van der Waals surface area contributed by atoms with E-state index in [9.17, 15) is 14.7 Å². The van der Waals surface area contributed by atoms with E-state index in [1.165, 1.54) is 34.7 Å². The zero-order chi connectivity index (χ0) is 23.3. The van der Waals surface area contributed by atoms with E-state index in [2.05, 4.69) is 4.98 Å². The molecule has 32 heavy (non-hydrogen) atoms. The number of thiophene rings is 1. The van der Waals surface area contributed by atoms with E-state index in [1.807, 2.05) is 63.6 Å². The minimum Gasteiger partial charge on any atom is -0.379 e. The average molecular weight is 473 g/mol. The predicted molar refractivity (Wildman–Crippen MR) is 132 cm³/mol. The maximum Gasteiger partial charge on any atom is 0.331 e. The van der Waals surface area contributed by atoms with Gasteiger partial charge in [0.15, 0.2) is 0 Å². The fraction of sp³-hybridized carbons (Fsp3) is 0.435. The summed E-state index contributed by atoms with van der Waals surface area (Å²) in [6, 6.07) is 7.73. The fourth-order valence-corrected chi connectivity index (χ4v) is 6.42. The predicted octanol–water partition coefficient (Wildman–Crippen LogP) is 3.89. The van der Waals surface area contributed by atoms with E-state index >= 15 is 0 Å². The number of nitrogens with zero attached hydrogens (tertiary/aromatic N) is 4. The highest BCUT2D eigenvalue weighted by Gasteiger charge is 2.29. The molecule has 0 bridgehead atoms. The van der Waals surface area contributed by atoms with Crippen molar-refractivity contribution in [2.45, 2.75) is 50.5 Å². The van der Waals surface area contributed by atoms with Crippen molar-refractivity contribution in [3.05, 3.63) is 55.8 Å². The van der Waals surface area contributed by atoms with Gasteiger partial charge >= 0.3 is 5.69 Å². The van der Waals surface area contributed by atoms with Crippen LogP contribution in [0.2, 0.25) is 0 Å². The van der Waals surface area contributed by atoms with Gasteiger partial charge in [-0.25, -0.2) is 9.78 Å². The number of para-hydroxylation sites is 2. The third-order valence-electron chi connectivity index (χ3n) is 5.37. The van der Waals surface area contributed by atoms with Gasteiger partial charge in [-0.3, -0.25) is 13.9 Å². The standard InChI is InChI=1S/C23H28N4O3S2/c1-12(2)11-27-22-16(21(29)26(6)23(27)30)18(31-13(3)4)19(32-22)17(28)20-24-14-9-7-8-10-15(14)25(20)5/h7-10,12-13,17,28H,11H2,1-6H3. The van der Waals surface area contributed by atoms with E-state index in [0.29, 0.717) is 27.5 Å². The number of aliphatic hydroxyl groups excluding tert-OH is 1. The van der Waals surface area contributed by atoms with Gasteiger partial charge in [0.25, 0.3) is 5.56 Å². The average Bonchev–Trinajstić information content (AvgIpc) is 3.27. The van der Waals surface area contributed by atoms with Crippen LogP contribution in [0.15, 0.2) is 38.8 Å². The number of hydrogen-bond donors (Lipinski definition) is 1. The fourth-order valence-electron chi connectivity index (χ4n) is 3.91. The highest BCUT2D eigenvalue weighted by molar-refractivity contribution is 8.00. The Kier molecular flexibility index (Phi) is 6.08. The Morgan fingerprint density at radius 2 is 1.78 bits per heavy atom. The summed E-state index contributed by atoms with van der Waals surface area (Å²) < 4.78 is 4.72. The topological polar surface area (TPSA) is 82.1 Å². The van der Waals surface area contributed by atoms with Crippen LogP contribution in [0.3, 0.4) is 0 Å². The quantitative estimate of drug-likeness (QED) is 0.431. The first-order valence-electron chi connectivity index (χ1n) is 10.6. The third kappa shape index (κ3) is 3.72. The molecule has 7 nitrogen and oxygen atoms in total. The van der Waals surface area contributed by atoms with E-state index in [1.54, 1.807) is 4.57 Å². The summed E-state index contributed by atoms with van der Waals surface area (Å²) in [5.41, 5.74) is 1.07. The van der Waals surface area contributed by atoms with Gasteiger partial charge in [-0.05, 0) is 18.1 Å². The lowest BCUT2D eigenvalue weighted by Gasteiger charge is -2.13. The molecule has 4 aromatic rings. The zero-order valence-electron chi connectivity index (χ0n) is 19.1. The lowest BCUT2D eigenvalue weighted by atomic mass is 10.2. The summed E-state index contributed by atoms with van der Waals surface area (Å²) in [4.78, 5) is 32.8. The summed E-state index contributed by atoms with van der Waals surface area (Å²) in [5, 5.41) is 12.2. The van der Waals surface area contributed by atoms with Crippen molar-refractivity contribution in [2.24, 2.45) is 20.0 Å². The molecule has 9 heteroatoms. The first-order valence-corrected chi connectivity index (χ1v) is 12.3. The monoisotopic (exact) mass is 472 g/mol. The summed E-state index contributed by atoms with van der Waals surface area (Å²) in [6.07, 6.45) is -1.02. The molecule has 1 unspecified atom stereocenters. The first-order chi connectivity index (χ1) is 15.1. The van der Waals surface area contributed by atoms with Crippen LogP contribution >= 0.6 is 23.1 Å². The number of rotatable bonds is 6. The van der Waals surface area contributed by atoms with Crippen molar-refractivity contribution in [1.29, 1.82) is 0 Å². The summed E-state index contributed by atoms with van der Waals surface area (Å²) >= 11 is 2.86. The summed E-state index contributed by atoms with van der Waals surface area (Å²) in [5.74, 6) is 0.739. The number of benzene rings is 1. The molecule has 0 aliphatic heterocycles. The van der Waals surface area contributed by atoms with Gasteiger partial charge in [-0.15, -0.1) is 23.1 Å². The minimum atomic E-state index is -1.02. The van der Waals surface area contributed by atoms with Crippen molar-refractivity contribution in [3.8, 4) is 0 Å². The normalized spacial score (nSPS) is 13.2. The Balaban J connectivity index is 2.03. The van der Waals surface area contributed by atoms with Crippen LogP contribution in [0.4, 0.5) is 0 Å². The maximum absolute atomic E-state index is 13.2. The second kappa shape index (κ2) is 8.53. The zero-order valence-corrected chi connectivity index (χ0v) is 20.8. The molecule has 0 saturated carbocycles. The van der Waals surface area contributed by atoms with Gasteiger partial charge < -0.3 is 9.67 Å². The van der Waals surface area contributed by atoms with Crippen molar-refractivity contribution in [3.63, 3.8) is 0 Å². The van der Waals surface area contributed by atoms with Crippen molar-refractivity contribution >= 4 is 44.3 Å². The molecular weight excluding hydrogens is 444 g/mol. The van der Waals surface area contributed by atoms with E-state index < -0.39 is 6.10 Å². The lowest BCUT2D eigenvalue weighted by Crippen LogP contribution is -2.38. The number of aromatic nitrogens is 4. The van der Waals surface area contributed by atoms with Crippen LogP contribution in [0.1, 0.15) is 44.5 Å². The van der Waals surface area contributed by atoms with Gasteiger partial charge in [0, 0.05) is 30.8 Å². The Morgan fingerprint density at radius 1 is 1.09 bits per heavy atom. The van der Waals surface area contributed by atoms with Crippen LogP contribution in [0.25, 0.3) is 21.3 Å².